The van der Waals surface area contributed by atoms with Crippen LogP contribution in [0.4, 0.5) is 5.13 Å². The van der Waals surface area contributed by atoms with Crippen LogP contribution in [0, 0.1) is 6.92 Å². The van der Waals surface area contributed by atoms with Crippen molar-refractivity contribution < 1.29 is 9.53 Å². The molecule has 0 spiro atoms. The summed E-state index contributed by atoms with van der Waals surface area (Å²) in [6.07, 6.45) is 0.442. The van der Waals surface area contributed by atoms with Gasteiger partial charge in [-0.2, -0.15) is 0 Å². The van der Waals surface area contributed by atoms with Gasteiger partial charge in [-0.1, -0.05) is 42.9 Å². The minimum Gasteiger partial charge on any atom is -0.497 e. The van der Waals surface area contributed by atoms with E-state index in [2.05, 4.69) is 18.7 Å². The normalized spacial score (nSPS) is 11.3. The summed E-state index contributed by atoms with van der Waals surface area (Å²) < 4.78 is 6.15. The number of rotatable bonds is 11. The van der Waals surface area contributed by atoms with Crippen LogP contribution in [0.1, 0.15) is 25.8 Å². The van der Waals surface area contributed by atoms with E-state index in [0.29, 0.717) is 23.7 Å². The Labute approximate surface area is 203 Å². The molecule has 1 aromatic heterocycles. The molecule has 3 rings (SSSR count). The summed E-state index contributed by atoms with van der Waals surface area (Å²) in [6, 6.07) is 11.8. The van der Waals surface area contributed by atoms with E-state index in [1.807, 2.05) is 48.2 Å². The summed E-state index contributed by atoms with van der Waals surface area (Å²) in [5.74, 6) is 1.63. The van der Waals surface area contributed by atoms with Crippen molar-refractivity contribution >= 4 is 56.0 Å². The molecule has 0 aliphatic rings. The van der Waals surface area contributed by atoms with Crippen molar-refractivity contribution in [3.63, 3.8) is 0 Å². The Bertz CT molecular complexity index is 997. The highest BCUT2D eigenvalue weighted by Gasteiger charge is 2.21. The van der Waals surface area contributed by atoms with Gasteiger partial charge >= 0.3 is 0 Å². The first-order chi connectivity index (χ1) is 15.5. The molecule has 3 aromatic rings. The van der Waals surface area contributed by atoms with E-state index in [0.717, 1.165) is 51.2 Å². The van der Waals surface area contributed by atoms with Gasteiger partial charge in [0, 0.05) is 30.2 Å². The predicted octanol–water partition coefficient (Wildman–Crippen LogP) is 6.12. The van der Waals surface area contributed by atoms with E-state index in [-0.39, 0.29) is 5.91 Å². The third-order valence-electron chi connectivity index (χ3n) is 5.40. The number of amides is 1. The van der Waals surface area contributed by atoms with Crippen molar-refractivity contribution in [1.29, 1.82) is 0 Å². The number of likely N-dealkylation sites (N-methyl/N-ethyl adjacent to an activating group) is 1. The van der Waals surface area contributed by atoms with Crippen LogP contribution in [0.5, 0.6) is 5.75 Å². The van der Waals surface area contributed by atoms with Crippen LogP contribution in [-0.2, 0) is 4.79 Å². The number of methoxy groups -OCH3 is 1. The molecular formula is C24H30ClN3O2S2. The summed E-state index contributed by atoms with van der Waals surface area (Å²) in [6.45, 7) is 9.64. The van der Waals surface area contributed by atoms with Gasteiger partial charge in [-0.15, -0.1) is 11.8 Å². The van der Waals surface area contributed by atoms with Crippen molar-refractivity contribution in [2.75, 3.05) is 43.9 Å². The van der Waals surface area contributed by atoms with Gasteiger partial charge in [0.05, 0.1) is 22.3 Å². The lowest BCUT2D eigenvalue weighted by molar-refractivity contribution is -0.118. The highest BCUT2D eigenvalue weighted by molar-refractivity contribution is 7.99. The SMILES string of the molecule is CCN(CC)CCN(C(=O)CCSc1ccc(OC)cc1)c1nc2c(C)ccc(Cl)c2s1. The van der Waals surface area contributed by atoms with Gasteiger partial charge in [0.15, 0.2) is 5.13 Å². The lowest BCUT2D eigenvalue weighted by Gasteiger charge is -2.24. The topological polar surface area (TPSA) is 45.7 Å². The molecule has 1 amide bonds. The number of nitrogens with zero attached hydrogens (tertiary/aromatic N) is 3. The molecule has 0 saturated heterocycles. The van der Waals surface area contributed by atoms with Crippen LogP contribution in [0.15, 0.2) is 41.3 Å². The van der Waals surface area contributed by atoms with Crippen molar-refractivity contribution in [2.24, 2.45) is 0 Å². The van der Waals surface area contributed by atoms with E-state index in [9.17, 15) is 4.79 Å². The Hall–Kier alpha value is -1.80. The summed E-state index contributed by atoms with van der Waals surface area (Å²) in [5.41, 5.74) is 1.95. The third kappa shape index (κ3) is 6.16. The Balaban J connectivity index is 1.75. The Morgan fingerprint density at radius 3 is 2.47 bits per heavy atom. The fourth-order valence-corrected chi connectivity index (χ4v) is 5.58. The zero-order chi connectivity index (χ0) is 23.1. The second kappa shape index (κ2) is 11.9. The van der Waals surface area contributed by atoms with Crippen molar-refractivity contribution in [3.05, 3.63) is 47.0 Å². The predicted molar refractivity (Wildman–Crippen MR) is 138 cm³/mol. The minimum absolute atomic E-state index is 0.0889. The summed E-state index contributed by atoms with van der Waals surface area (Å²) in [4.78, 5) is 23.4. The van der Waals surface area contributed by atoms with Crippen LogP contribution < -0.4 is 9.64 Å². The molecule has 0 bridgehead atoms. The van der Waals surface area contributed by atoms with Gasteiger partial charge in [-0.05, 0) is 55.9 Å². The number of carbonyl (C=O) groups excluding carboxylic acids is 1. The number of hydrogen-bond donors (Lipinski definition) is 0. The summed E-state index contributed by atoms with van der Waals surface area (Å²) >= 11 is 9.59. The van der Waals surface area contributed by atoms with Gasteiger partial charge in [0.1, 0.15) is 5.75 Å². The molecule has 0 unspecified atom stereocenters. The number of carbonyl (C=O) groups is 1. The molecule has 0 atom stereocenters. The fraction of sp³-hybridized carbons (Fsp3) is 0.417. The first-order valence-corrected chi connectivity index (χ1v) is 13.0. The zero-order valence-corrected chi connectivity index (χ0v) is 21.4. The lowest BCUT2D eigenvalue weighted by Crippen LogP contribution is -2.39. The van der Waals surface area contributed by atoms with Crippen LogP contribution in [-0.4, -0.2) is 54.8 Å². The number of thioether (sulfide) groups is 1. The number of fused-ring (bicyclic) bond motifs is 1. The van der Waals surface area contributed by atoms with Crippen LogP contribution in [0.25, 0.3) is 10.2 Å². The molecule has 0 saturated carbocycles. The van der Waals surface area contributed by atoms with E-state index in [4.69, 9.17) is 21.3 Å². The number of hydrogen-bond acceptors (Lipinski definition) is 6. The number of aryl methyl sites for hydroxylation is 1. The van der Waals surface area contributed by atoms with E-state index < -0.39 is 0 Å². The van der Waals surface area contributed by atoms with Gasteiger partial charge < -0.3 is 9.64 Å². The first kappa shape index (κ1) is 24.8. The van der Waals surface area contributed by atoms with Crippen molar-refractivity contribution in [3.8, 4) is 5.75 Å². The van der Waals surface area contributed by atoms with E-state index >= 15 is 0 Å². The molecule has 5 nitrogen and oxygen atoms in total. The molecule has 172 valence electrons. The molecular weight excluding hydrogens is 462 g/mol. The molecule has 0 aliphatic carbocycles. The Kier molecular flexibility index (Phi) is 9.22. The highest BCUT2D eigenvalue weighted by atomic mass is 35.5. The molecule has 2 aromatic carbocycles. The van der Waals surface area contributed by atoms with Gasteiger partial charge in [-0.3, -0.25) is 9.69 Å². The number of thiazole rings is 1. The number of halogens is 1. The molecule has 0 N–H and O–H groups in total. The lowest BCUT2D eigenvalue weighted by atomic mass is 10.2. The Morgan fingerprint density at radius 1 is 1.12 bits per heavy atom. The summed E-state index contributed by atoms with van der Waals surface area (Å²) in [5, 5.41) is 1.41. The molecule has 0 fully saturated rings. The van der Waals surface area contributed by atoms with Crippen molar-refractivity contribution in [2.45, 2.75) is 32.1 Å². The highest BCUT2D eigenvalue weighted by Crippen LogP contribution is 2.36. The van der Waals surface area contributed by atoms with Crippen molar-refractivity contribution in [1.82, 2.24) is 9.88 Å². The first-order valence-electron chi connectivity index (χ1n) is 10.8. The van der Waals surface area contributed by atoms with E-state index in [1.54, 1.807) is 18.9 Å². The second-order valence-electron chi connectivity index (χ2n) is 7.38. The van der Waals surface area contributed by atoms with Gasteiger partial charge in [0.2, 0.25) is 5.91 Å². The smallest absolute Gasteiger partial charge is 0.229 e. The maximum absolute atomic E-state index is 13.3. The maximum Gasteiger partial charge on any atom is 0.229 e. The minimum atomic E-state index is 0.0889. The van der Waals surface area contributed by atoms with Crippen LogP contribution >= 0.6 is 34.7 Å². The van der Waals surface area contributed by atoms with Gasteiger partial charge in [-0.25, -0.2) is 4.98 Å². The van der Waals surface area contributed by atoms with Gasteiger partial charge in [0.25, 0.3) is 0 Å². The number of ether oxygens (including phenoxy) is 1. The number of aromatic nitrogens is 1. The molecule has 0 radical (unpaired) electrons. The number of anilines is 1. The Morgan fingerprint density at radius 2 is 1.84 bits per heavy atom. The second-order valence-corrected chi connectivity index (χ2v) is 9.94. The molecule has 0 aliphatic heterocycles. The van der Waals surface area contributed by atoms with E-state index in [1.165, 1.54) is 11.3 Å². The monoisotopic (exact) mass is 491 g/mol. The average molecular weight is 492 g/mol. The zero-order valence-electron chi connectivity index (χ0n) is 19.1. The molecule has 1 heterocycles. The van der Waals surface area contributed by atoms with Crippen LogP contribution in [0.3, 0.4) is 0 Å². The molecule has 32 heavy (non-hydrogen) atoms. The fourth-order valence-electron chi connectivity index (χ4n) is 3.38. The summed E-state index contributed by atoms with van der Waals surface area (Å²) in [7, 11) is 1.66. The molecule has 8 heteroatoms. The third-order valence-corrected chi connectivity index (χ3v) is 7.95. The quantitative estimate of drug-likeness (QED) is 0.302. The largest absolute Gasteiger partial charge is 0.497 e. The number of benzene rings is 2. The van der Waals surface area contributed by atoms with Crippen LogP contribution in [0.2, 0.25) is 5.02 Å². The standard InChI is InChI=1S/C24H30ClN3O2S2/c1-5-27(6-2)14-15-28(24-26-22-17(3)7-12-20(25)23(22)32-24)21(29)13-16-31-19-10-8-18(30-4)9-11-19/h7-12H,5-6,13-16H2,1-4H3. The average Bonchev–Trinajstić information content (AvgIpc) is 3.26. The maximum atomic E-state index is 13.3.